The molecule has 0 aliphatic heterocycles. The second-order valence-corrected chi connectivity index (χ2v) is 4.39. The van der Waals surface area contributed by atoms with Crippen molar-refractivity contribution in [3.8, 4) is 0 Å². The monoisotopic (exact) mass is 267 g/mol. The molecule has 1 aromatic carbocycles. The summed E-state index contributed by atoms with van der Waals surface area (Å²) in [6.07, 6.45) is 4.27. The molecule has 1 amide bonds. The summed E-state index contributed by atoms with van der Waals surface area (Å²) in [7, 11) is 0. The lowest BCUT2D eigenvalue weighted by Gasteiger charge is -2.05. The highest BCUT2D eigenvalue weighted by atomic mass is 16.1. The molecular formula is C14H13N5O. The summed E-state index contributed by atoms with van der Waals surface area (Å²) in [5.41, 5.74) is 3.17. The summed E-state index contributed by atoms with van der Waals surface area (Å²) in [6.45, 7) is 0.583. The molecule has 2 aromatic heterocycles. The van der Waals surface area contributed by atoms with Crippen molar-refractivity contribution in [3.05, 3.63) is 53.9 Å². The molecule has 0 saturated heterocycles. The molecule has 100 valence electrons. The van der Waals surface area contributed by atoms with Crippen molar-refractivity contribution in [1.82, 2.24) is 25.7 Å². The third-order valence-electron chi connectivity index (χ3n) is 3.03. The number of aromatic amines is 1. The third-order valence-corrected chi connectivity index (χ3v) is 3.03. The zero-order valence-corrected chi connectivity index (χ0v) is 10.7. The molecule has 0 saturated carbocycles. The van der Waals surface area contributed by atoms with Crippen LogP contribution in [0.15, 0.2) is 42.7 Å². The molecule has 20 heavy (non-hydrogen) atoms. The zero-order valence-electron chi connectivity index (χ0n) is 10.7. The molecular weight excluding hydrogens is 254 g/mol. The molecule has 0 bridgehead atoms. The number of nitrogens with one attached hydrogen (secondary N) is 2. The minimum absolute atomic E-state index is 0.107. The molecule has 0 unspecified atom stereocenters. The van der Waals surface area contributed by atoms with Crippen LogP contribution in [0.5, 0.6) is 0 Å². The van der Waals surface area contributed by atoms with E-state index < -0.39 is 0 Å². The minimum atomic E-state index is -0.107. The smallest absolute Gasteiger partial charge is 0.251 e. The van der Waals surface area contributed by atoms with E-state index >= 15 is 0 Å². The summed E-state index contributed by atoms with van der Waals surface area (Å²) >= 11 is 0. The molecule has 3 aromatic rings. The van der Waals surface area contributed by atoms with Gasteiger partial charge in [-0.05, 0) is 42.3 Å². The van der Waals surface area contributed by atoms with Crippen molar-refractivity contribution in [3.63, 3.8) is 0 Å². The molecule has 0 radical (unpaired) electrons. The summed E-state index contributed by atoms with van der Waals surface area (Å²) < 4.78 is 0. The van der Waals surface area contributed by atoms with Crippen LogP contribution in [0, 0.1) is 0 Å². The number of amides is 1. The van der Waals surface area contributed by atoms with Gasteiger partial charge >= 0.3 is 0 Å². The zero-order chi connectivity index (χ0) is 13.8. The predicted octanol–water partition coefficient (Wildman–Crippen LogP) is 1.33. The van der Waals surface area contributed by atoms with Gasteiger partial charge in [-0.1, -0.05) is 0 Å². The third kappa shape index (κ3) is 2.64. The Morgan fingerprint density at radius 1 is 1.10 bits per heavy atom. The number of carbonyl (C=O) groups is 1. The van der Waals surface area contributed by atoms with Gasteiger partial charge in [-0.25, -0.2) is 0 Å². The van der Waals surface area contributed by atoms with Gasteiger partial charge in [-0.2, -0.15) is 15.4 Å². The van der Waals surface area contributed by atoms with Crippen molar-refractivity contribution in [2.45, 2.75) is 6.42 Å². The number of carbonyl (C=O) groups excluding carboxylic acids is 1. The molecule has 0 aliphatic carbocycles. The molecule has 6 nitrogen and oxygen atoms in total. The van der Waals surface area contributed by atoms with Crippen molar-refractivity contribution in [2.24, 2.45) is 0 Å². The van der Waals surface area contributed by atoms with Gasteiger partial charge < -0.3 is 5.32 Å². The lowest BCUT2D eigenvalue weighted by Crippen LogP contribution is -2.25. The van der Waals surface area contributed by atoms with E-state index in [2.05, 4.69) is 25.7 Å². The quantitative estimate of drug-likeness (QED) is 0.747. The lowest BCUT2D eigenvalue weighted by atomic mass is 10.1. The van der Waals surface area contributed by atoms with Gasteiger partial charge in [-0.3, -0.25) is 9.78 Å². The van der Waals surface area contributed by atoms with E-state index in [4.69, 9.17) is 0 Å². The van der Waals surface area contributed by atoms with Crippen LogP contribution in [0.1, 0.15) is 15.9 Å². The SMILES string of the molecule is O=C(NCCc1ccncc1)c1ccc2n[nH]nc2c1. The van der Waals surface area contributed by atoms with Crippen LogP contribution >= 0.6 is 0 Å². The van der Waals surface area contributed by atoms with E-state index in [1.54, 1.807) is 30.6 Å². The Morgan fingerprint density at radius 3 is 2.75 bits per heavy atom. The van der Waals surface area contributed by atoms with E-state index in [0.717, 1.165) is 17.5 Å². The summed E-state index contributed by atoms with van der Waals surface area (Å²) in [4.78, 5) is 16.0. The Bertz CT molecular complexity index is 723. The maximum Gasteiger partial charge on any atom is 0.251 e. The maximum absolute atomic E-state index is 12.0. The Balaban J connectivity index is 1.61. The van der Waals surface area contributed by atoms with Crippen LogP contribution in [0.25, 0.3) is 11.0 Å². The largest absolute Gasteiger partial charge is 0.352 e. The number of pyridine rings is 1. The normalized spacial score (nSPS) is 10.6. The number of hydrogen-bond acceptors (Lipinski definition) is 4. The highest BCUT2D eigenvalue weighted by Gasteiger charge is 2.07. The molecule has 3 rings (SSSR count). The number of aromatic nitrogens is 4. The first kappa shape index (κ1) is 12.3. The minimum Gasteiger partial charge on any atom is -0.352 e. The second-order valence-electron chi connectivity index (χ2n) is 4.39. The fourth-order valence-electron chi connectivity index (χ4n) is 1.95. The maximum atomic E-state index is 12.0. The fourth-order valence-corrected chi connectivity index (χ4v) is 1.95. The number of H-pyrrole nitrogens is 1. The van der Waals surface area contributed by atoms with E-state index in [-0.39, 0.29) is 5.91 Å². The van der Waals surface area contributed by atoms with Gasteiger partial charge in [0.05, 0.1) is 0 Å². The first-order valence-electron chi connectivity index (χ1n) is 6.30. The number of rotatable bonds is 4. The number of fused-ring (bicyclic) bond motifs is 1. The Kier molecular flexibility index (Phi) is 3.36. The standard InChI is InChI=1S/C14H13N5O/c20-14(16-8-5-10-3-6-15-7-4-10)11-1-2-12-13(9-11)18-19-17-12/h1-4,6-7,9H,5,8H2,(H,16,20)(H,17,18,19). The van der Waals surface area contributed by atoms with E-state index in [0.29, 0.717) is 17.6 Å². The van der Waals surface area contributed by atoms with Gasteiger partial charge in [0.1, 0.15) is 11.0 Å². The average molecular weight is 267 g/mol. The van der Waals surface area contributed by atoms with Crippen LogP contribution in [-0.4, -0.2) is 32.8 Å². The molecule has 0 atom stereocenters. The number of hydrogen-bond donors (Lipinski definition) is 2. The second kappa shape index (κ2) is 5.48. The highest BCUT2D eigenvalue weighted by Crippen LogP contribution is 2.10. The first-order chi connectivity index (χ1) is 9.83. The Hall–Kier alpha value is -2.76. The van der Waals surface area contributed by atoms with Gasteiger partial charge in [-0.15, -0.1) is 0 Å². The van der Waals surface area contributed by atoms with Crippen LogP contribution in [0.2, 0.25) is 0 Å². The van der Waals surface area contributed by atoms with E-state index in [9.17, 15) is 4.79 Å². The van der Waals surface area contributed by atoms with Gasteiger partial charge in [0.25, 0.3) is 5.91 Å². The van der Waals surface area contributed by atoms with E-state index in [1.165, 1.54) is 0 Å². The van der Waals surface area contributed by atoms with Crippen molar-refractivity contribution < 1.29 is 4.79 Å². The number of benzene rings is 1. The number of nitrogens with zero attached hydrogens (tertiary/aromatic N) is 3. The molecule has 0 aliphatic rings. The molecule has 6 heteroatoms. The topological polar surface area (TPSA) is 83.6 Å². The van der Waals surface area contributed by atoms with Crippen molar-refractivity contribution in [1.29, 1.82) is 0 Å². The van der Waals surface area contributed by atoms with Crippen LogP contribution in [0.3, 0.4) is 0 Å². The Morgan fingerprint density at radius 2 is 1.90 bits per heavy atom. The molecule has 2 heterocycles. The molecule has 0 fully saturated rings. The average Bonchev–Trinajstić information content (AvgIpc) is 2.95. The first-order valence-corrected chi connectivity index (χ1v) is 6.30. The Labute approximate surface area is 115 Å². The van der Waals surface area contributed by atoms with E-state index in [1.807, 2.05) is 12.1 Å². The molecule has 2 N–H and O–H groups in total. The summed E-state index contributed by atoms with van der Waals surface area (Å²) in [6, 6.07) is 9.12. The van der Waals surface area contributed by atoms with Crippen LogP contribution in [-0.2, 0) is 6.42 Å². The van der Waals surface area contributed by atoms with Gasteiger partial charge in [0.2, 0.25) is 0 Å². The highest BCUT2D eigenvalue weighted by molar-refractivity contribution is 5.97. The molecule has 0 spiro atoms. The van der Waals surface area contributed by atoms with Gasteiger partial charge in [0, 0.05) is 24.5 Å². The summed E-state index contributed by atoms with van der Waals surface area (Å²) in [5, 5.41) is 13.3. The van der Waals surface area contributed by atoms with Crippen molar-refractivity contribution in [2.75, 3.05) is 6.54 Å². The van der Waals surface area contributed by atoms with Gasteiger partial charge in [0.15, 0.2) is 0 Å². The van der Waals surface area contributed by atoms with Crippen molar-refractivity contribution >= 4 is 16.9 Å². The lowest BCUT2D eigenvalue weighted by molar-refractivity contribution is 0.0954. The van der Waals surface area contributed by atoms with Crippen LogP contribution < -0.4 is 5.32 Å². The fraction of sp³-hybridized carbons (Fsp3) is 0.143. The predicted molar refractivity (Wildman–Crippen MR) is 74.2 cm³/mol. The van der Waals surface area contributed by atoms with Crippen LogP contribution in [0.4, 0.5) is 0 Å². The summed E-state index contributed by atoms with van der Waals surface area (Å²) in [5.74, 6) is -0.107.